The van der Waals surface area contributed by atoms with Gasteiger partial charge in [-0.3, -0.25) is 14.6 Å². The molecule has 1 atom stereocenters. The van der Waals surface area contributed by atoms with Crippen LogP contribution in [0.25, 0.3) is 0 Å². The quantitative estimate of drug-likeness (QED) is 0.607. The molecule has 1 aromatic carbocycles. The first-order valence-electron chi connectivity index (χ1n) is 10.5. The minimum absolute atomic E-state index is 0.180. The number of ether oxygens (including phenoxy) is 2. The van der Waals surface area contributed by atoms with Crippen molar-refractivity contribution >= 4 is 11.9 Å². The SMILES string of the molecule is CCOC(=O)CN1CCCC(OC(=O)c2ccc(CN(CC)C3CC3)cc2)C1. The van der Waals surface area contributed by atoms with Gasteiger partial charge >= 0.3 is 11.9 Å². The summed E-state index contributed by atoms with van der Waals surface area (Å²) in [6, 6.07) is 8.50. The van der Waals surface area contributed by atoms with Crippen LogP contribution in [0.4, 0.5) is 0 Å². The molecule has 6 nitrogen and oxygen atoms in total. The van der Waals surface area contributed by atoms with E-state index in [1.165, 1.54) is 18.4 Å². The van der Waals surface area contributed by atoms with Gasteiger partial charge in [0.15, 0.2) is 0 Å². The van der Waals surface area contributed by atoms with E-state index < -0.39 is 0 Å². The fourth-order valence-corrected chi connectivity index (χ4v) is 3.78. The normalized spacial score (nSPS) is 20.2. The van der Waals surface area contributed by atoms with Crippen LogP contribution < -0.4 is 0 Å². The minimum Gasteiger partial charge on any atom is -0.465 e. The molecule has 2 aliphatic rings. The highest BCUT2D eigenvalue weighted by Gasteiger charge is 2.28. The third-order valence-electron chi connectivity index (χ3n) is 5.44. The molecule has 1 heterocycles. The molecule has 1 saturated heterocycles. The van der Waals surface area contributed by atoms with E-state index in [1.54, 1.807) is 6.92 Å². The van der Waals surface area contributed by atoms with Gasteiger partial charge in [0, 0.05) is 19.1 Å². The van der Waals surface area contributed by atoms with Gasteiger partial charge in [-0.25, -0.2) is 4.79 Å². The summed E-state index contributed by atoms with van der Waals surface area (Å²) < 4.78 is 10.7. The first-order valence-corrected chi connectivity index (χ1v) is 10.5. The Labute approximate surface area is 167 Å². The second-order valence-corrected chi connectivity index (χ2v) is 7.70. The molecular formula is C22H32N2O4. The molecule has 154 valence electrons. The Morgan fingerprint density at radius 2 is 1.89 bits per heavy atom. The van der Waals surface area contributed by atoms with E-state index in [9.17, 15) is 9.59 Å². The van der Waals surface area contributed by atoms with Crippen LogP contribution in [-0.4, -0.2) is 66.7 Å². The Balaban J connectivity index is 1.49. The zero-order valence-electron chi connectivity index (χ0n) is 17.1. The molecule has 0 N–H and O–H groups in total. The smallest absolute Gasteiger partial charge is 0.338 e. The van der Waals surface area contributed by atoms with Gasteiger partial charge in [0.1, 0.15) is 6.10 Å². The van der Waals surface area contributed by atoms with Crippen molar-refractivity contribution in [3.05, 3.63) is 35.4 Å². The van der Waals surface area contributed by atoms with Gasteiger partial charge in [0.05, 0.1) is 18.7 Å². The van der Waals surface area contributed by atoms with Gasteiger partial charge in [0.2, 0.25) is 0 Å². The third kappa shape index (κ3) is 6.04. The number of nitrogens with zero attached hydrogens (tertiary/aromatic N) is 2. The summed E-state index contributed by atoms with van der Waals surface area (Å²) in [6.07, 6.45) is 4.15. The number of hydrogen-bond donors (Lipinski definition) is 0. The Morgan fingerprint density at radius 3 is 2.54 bits per heavy atom. The van der Waals surface area contributed by atoms with E-state index in [2.05, 4.69) is 11.8 Å². The van der Waals surface area contributed by atoms with Gasteiger partial charge in [-0.15, -0.1) is 0 Å². The lowest BCUT2D eigenvalue weighted by molar-refractivity contribution is -0.145. The summed E-state index contributed by atoms with van der Waals surface area (Å²) in [5, 5.41) is 0. The Morgan fingerprint density at radius 1 is 1.14 bits per heavy atom. The summed E-state index contributed by atoms with van der Waals surface area (Å²) >= 11 is 0. The number of likely N-dealkylation sites (tertiary alicyclic amines) is 1. The maximum absolute atomic E-state index is 12.5. The summed E-state index contributed by atoms with van der Waals surface area (Å²) in [6.45, 7) is 8.03. The summed E-state index contributed by atoms with van der Waals surface area (Å²) in [5.74, 6) is -0.513. The van der Waals surface area contributed by atoms with Crippen molar-refractivity contribution in [3.63, 3.8) is 0 Å². The average Bonchev–Trinajstić information content (AvgIpc) is 3.52. The fraction of sp³-hybridized carbons (Fsp3) is 0.636. The lowest BCUT2D eigenvalue weighted by Gasteiger charge is -2.31. The number of piperidine rings is 1. The van der Waals surface area contributed by atoms with Crippen LogP contribution in [0.15, 0.2) is 24.3 Å². The highest BCUT2D eigenvalue weighted by molar-refractivity contribution is 5.89. The van der Waals surface area contributed by atoms with Gasteiger partial charge in [-0.1, -0.05) is 19.1 Å². The lowest BCUT2D eigenvalue weighted by atomic mass is 10.1. The van der Waals surface area contributed by atoms with Crippen molar-refractivity contribution in [2.45, 2.75) is 58.2 Å². The molecule has 2 fully saturated rings. The standard InChI is InChI=1S/C22H32N2O4/c1-3-24(19-11-12-19)14-17-7-9-18(10-8-17)22(26)28-20-6-5-13-23(15-20)16-21(25)27-4-2/h7-10,19-20H,3-6,11-16H2,1-2H3. The van der Waals surface area contributed by atoms with Gasteiger partial charge in [-0.05, 0) is 63.4 Å². The first kappa shape index (κ1) is 20.8. The Hall–Kier alpha value is -1.92. The van der Waals surface area contributed by atoms with Crippen LogP contribution in [0.2, 0.25) is 0 Å². The number of rotatable bonds is 9. The van der Waals surface area contributed by atoms with Gasteiger partial charge in [-0.2, -0.15) is 0 Å². The van der Waals surface area contributed by atoms with E-state index in [0.29, 0.717) is 18.7 Å². The highest BCUT2D eigenvalue weighted by Crippen LogP contribution is 2.28. The molecule has 6 heteroatoms. The van der Waals surface area contributed by atoms with E-state index >= 15 is 0 Å². The number of hydrogen-bond acceptors (Lipinski definition) is 6. The molecule has 1 unspecified atom stereocenters. The first-order chi connectivity index (χ1) is 13.6. The van der Waals surface area contributed by atoms with Crippen molar-refractivity contribution in [2.24, 2.45) is 0 Å². The molecule has 1 aliphatic heterocycles. The largest absolute Gasteiger partial charge is 0.465 e. The molecule has 3 rings (SSSR count). The zero-order chi connectivity index (χ0) is 19.9. The molecule has 1 aliphatic carbocycles. The summed E-state index contributed by atoms with van der Waals surface area (Å²) in [5.41, 5.74) is 1.81. The van der Waals surface area contributed by atoms with E-state index in [1.807, 2.05) is 29.2 Å². The molecule has 1 aromatic rings. The van der Waals surface area contributed by atoms with E-state index in [0.717, 1.165) is 38.5 Å². The number of carbonyl (C=O) groups is 2. The molecular weight excluding hydrogens is 356 g/mol. The summed E-state index contributed by atoms with van der Waals surface area (Å²) in [7, 11) is 0. The Bertz CT molecular complexity index is 657. The maximum Gasteiger partial charge on any atom is 0.338 e. The van der Waals surface area contributed by atoms with Crippen LogP contribution >= 0.6 is 0 Å². The molecule has 0 spiro atoms. The van der Waals surface area contributed by atoms with Crippen LogP contribution in [-0.2, 0) is 20.8 Å². The van der Waals surface area contributed by atoms with Gasteiger partial charge in [0.25, 0.3) is 0 Å². The molecule has 0 bridgehead atoms. The second kappa shape index (κ2) is 10.0. The van der Waals surface area contributed by atoms with Crippen LogP contribution in [0.1, 0.15) is 55.5 Å². The van der Waals surface area contributed by atoms with Crippen molar-refractivity contribution in [1.29, 1.82) is 0 Å². The topological polar surface area (TPSA) is 59.1 Å². The molecule has 28 heavy (non-hydrogen) atoms. The molecule has 0 amide bonds. The van der Waals surface area contributed by atoms with Crippen molar-refractivity contribution < 1.29 is 19.1 Å². The average molecular weight is 389 g/mol. The van der Waals surface area contributed by atoms with E-state index in [4.69, 9.17) is 9.47 Å². The number of carbonyl (C=O) groups excluding carboxylic acids is 2. The van der Waals surface area contributed by atoms with Crippen molar-refractivity contribution in [1.82, 2.24) is 9.80 Å². The monoisotopic (exact) mass is 388 g/mol. The predicted molar refractivity (Wildman–Crippen MR) is 107 cm³/mol. The maximum atomic E-state index is 12.5. The number of benzene rings is 1. The fourth-order valence-electron chi connectivity index (χ4n) is 3.78. The number of esters is 2. The lowest BCUT2D eigenvalue weighted by Crippen LogP contribution is -2.43. The molecule has 1 saturated carbocycles. The third-order valence-corrected chi connectivity index (χ3v) is 5.44. The molecule has 0 aromatic heterocycles. The highest BCUT2D eigenvalue weighted by atomic mass is 16.5. The zero-order valence-corrected chi connectivity index (χ0v) is 17.1. The molecule has 0 radical (unpaired) electrons. The Kier molecular flexibility index (Phi) is 7.45. The van der Waals surface area contributed by atoms with Crippen molar-refractivity contribution in [3.8, 4) is 0 Å². The summed E-state index contributed by atoms with van der Waals surface area (Å²) in [4.78, 5) is 28.7. The van der Waals surface area contributed by atoms with Crippen LogP contribution in [0.3, 0.4) is 0 Å². The van der Waals surface area contributed by atoms with Crippen LogP contribution in [0.5, 0.6) is 0 Å². The minimum atomic E-state index is -0.288. The van der Waals surface area contributed by atoms with Crippen molar-refractivity contribution in [2.75, 3.05) is 32.8 Å². The predicted octanol–water partition coefficient (Wildman–Crippen LogP) is 2.86. The van der Waals surface area contributed by atoms with Crippen LogP contribution in [0, 0.1) is 0 Å². The van der Waals surface area contributed by atoms with E-state index in [-0.39, 0.29) is 24.6 Å². The second-order valence-electron chi connectivity index (χ2n) is 7.70. The van der Waals surface area contributed by atoms with Gasteiger partial charge < -0.3 is 9.47 Å².